The van der Waals surface area contributed by atoms with Crippen LogP contribution in [-0.2, 0) is 11.8 Å². The normalized spacial score (nSPS) is 13.3. The highest BCUT2D eigenvalue weighted by Gasteiger charge is 2.46. The van der Waals surface area contributed by atoms with E-state index >= 15 is 0 Å². The molecule has 0 bridgehead atoms. The van der Waals surface area contributed by atoms with E-state index in [4.69, 9.17) is 9.97 Å². The number of aromatic nitrogens is 3. The summed E-state index contributed by atoms with van der Waals surface area (Å²) in [5, 5.41) is 2.36. The van der Waals surface area contributed by atoms with Gasteiger partial charge in [-0.15, -0.1) is 0 Å². The molecule has 2 aliphatic carbocycles. The fourth-order valence-electron chi connectivity index (χ4n) is 9.95. The number of benzene rings is 8. The Morgan fingerprint density at radius 1 is 0.404 bits per heavy atom. The number of rotatable bonds is 5. The van der Waals surface area contributed by atoms with Crippen molar-refractivity contribution in [1.29, 1.82) is 0 Å². The van der Waals surface area contributed by atoms with Gasteiger partial charge in [-0.05, 0) is 86.3 Å². The van der Waals surface area contributed by atoms with Crippen LogP contribution in [0.1, 0.15) is 33.4 Å². The Kier molecular flexibility index (Phi) is 6.91. The Morgan fingerprint density at radius 2 is 1.02 bits per heavy atom. The lowest BCUT2D eigenvalue weighted by molar-refractivity contribution is 0.769. The summed E-state index contributed by atoms with van der Waals surface area (Å²) in [6.45, 7) is 0. The fraction of sp³-hybridized carbons (Fsp3) is 0.0370. The summed E-state index contributed by atoms with van der Waals surface area (Å²) in [5.41, 5.74) is 18.5. The maximum Gasteiger partial charge on any atom is 0.235 e. The molecule has 0 aliphatic heterocycles. The molecule has 0 saturated heterocycles. The second-order valence-electron chi connectivity index (χ2n) is 15.3. The zero-order valence-corrected chi connectivity index (χ0v) is 31.1. The molecule has 266 valence electrons. The molecule has 0 saturated carbocycles. The third-order valence-electron chi connectivity index (χ3n) is 12.4. The average Bonchev–Trinajstić information content (AvgIpc) is 3.92. The fourth-order valence-corrected chi connectivity index (χ4v) is 9.95. The standard InChI is InChI=1S/C54H35N3/c1-4-17-35(18-5-1)49-34-50(42-28-16-27-40-39-24-11-10-19-36(39)31-44(40)42)56-53(55-49)57-51-30-15-13-26-43(51)46-32-45-41-25-12-14-29-47(41)54(48(45)33-52(46)57,37-20-6-2-7-21-37)38-22-8-3-9-23-38/h1-30,32-34H,31H2. The van der Waals surface area contributed by atoms with E-state index in [9.17, 15) is 0 Å². The van der Waals surface area contributed by atoms with Gasteiger partial charge < -0.3 is 0 Å². The second kappa shape index (κ2) is 12.3. The Hall–Kier alpha value is -7.36. The van der Waals surface area contributed by atoms with Gasteiger partial charge in [0.05, 0.1) is 27.8 Å². The minimum atomic E-state index is -0.526. The molecule has 0 unspecified atom stereocenters. The second-order valence-corrected chi connectivity index (χ2v) is 15.3. The minimum absolute atomic E-state index is 0.526. The summed E-state index contributed by atoms with van der Waals surface area (Å²) < 4.78 is 2.31. The molecule has 0 radical (unpaired) electrons. The molecule has 0 N–H and O–H groups in total. The van der Waals surface area contributed by atoms with Crippen molar-refractivity contribution in [2.75, 3.05) is 0 Å². The van der Waals surface area contributed by atoms with Crippen LogP contribution in [0.3, 0.4) is 0 Å². The van der Waals surface area contributed by atoms with Crippen LogP contribution in [0, 0.1) is 0 Å². The van der Waals surface area contributed by atoms with Gasteiger partial charge in [-0.3, -0.25) is 4.57 Å². The van der Waals surface area contributed by atoms with Crippen LogP contribution >= 0.6 is 0 Å². The van der Waals surface area contributed by atoms with Crippen LogP contribution in [0.5, 0.6) is 0 Å². The number of para-hydroxylation sites is 1. The molecule has 2 aromatic heterocycles. The largest absolute Gasteiger partial charge is 0.278 e. The predicted molar refractivity (Wildman–Crippen MR) is 233 cm³/mol. The highest BCUT2D eigenvalue weighted by Crippen LogP contribution is 2.57. The van der Waals surface area contributed by atoms with E-state index in [1.807, 2.05) is 0 Å². The van der Waals surface area contributed by atoms with Gasteiger partial charge in [-0.2, -0.15) is 0 Å². The zero-order valence-electron chi connectivity index (χ0n) is 31.1. The maximum absolute atomic E-state index is 5.55. The molecule has 0 atom stereocenters. The van der Waals surface area contributed by atoms with Gasteiger partial charge in [0, 0.05) is 21.9 Å². The maximum atomic E-state index is 5.55. The van der Waals surface area contributed by atoms with E-state index in [1.54, 1.807) is 0 Å². The molecule has 0 spiro atoms. The molecule has 3 heteroatoms. The zero-order chi connectivity index (χ0) is 37.5. The van der Waals surface area contributed by atoms with Gasteiger partial charge in [-0.1, -0.05) is 176 Å². The molecule has 0 amide bonds. The molecular weight excluding hydrogens is 691 g/mol. The van der Waals surface area contributed by atoms with Crippen molar-refractivity contribution < 1.29 is 0 Å². The van der Waals surface area contributed by atoms with Crippen molar-refractivity contribution in [3.63, 3.8) is 0 Å². The summed E-state index contributed by atoms with van der Waals surface area (Å²) in [4.78, 5) is 11.0. The molecular formula is C54H35N3. The molecule has 3 nitrogen and oxygen atoms in total. The first-order valence-corrected chi connectivity index (χ1v) is 19.7. The van der Waals surface area contributed by atoms with Crippen LogP contribution < -0.4 is 0 Å². The van der Waals surface area contributed by atoms with Gasteiger partial charge in [0.1, 0.15) is 0 Å². The number of fused-ring (bicyclic) bond motifs is 9. The average molecular weight is 726 g/mol. The lowest BCUT2D eigenvalue weighted by Crippen LogP contribution is -2.28. The van der Waals surface area contributed by atoms with Crippen molar-refractivity contribution in [2.24, 2.45) is 0 Å². The van der Waals surface area contributed by atoms with Crippen LogP contribution in [0.15, 0.2) is 200 Å². The Bertz CT molecular complexity index is 3160. The summed E-state index contributed by atoms with van der Waals surface area (Å²) in [7, 11) is 0. The van der Waals surface area contributed by atoms with Crippen LogP contribution in [-0.4, -0.2) is 14.5 Å². The summed E-state index contributed by atoms with van der Waals surface area (Å²) in [6, 6.07) is 72.7. The minimum Gasteiger partial charge on any atom is -0.278 e. The summed E-state index contributed by atoms with van der Waals surface area (Å²) >= 11 is 0. The quantitative estimate of drug-likeness (QED) is 0.177. The van der Waals surface area contributed by atoms with E-state index in [-0.39, 0.29) is 0 Å². The Balaban J connectivity index is 1.17. The monoisotopic (exact) mass is 725 g/mol. The molecule has 8 aromatic carbocycles. The van der Waals surface area contributed by atoms with E-state index < -0.39 is 5.41 Å². The highest BCUT2D eigenvalue weighted by atomic mass is 15.2. The van der Waals surface area contributed by atoms with E-state index in [1.165, 1.54) is 66.4 Å². The van der Waals surface area contributed by atoms with Gasteiger partial charge in [0.2, 0.25) is 5.95 Å². The Labute approximate surface area is 331 Å². The third kappa shape index (κ3) is 4.60. The molecule has 2 heterocycles. The summed E-state index contributed by atoms with van der Waals surface area (Å²) in [5.74, 6) is 0.658. The first-order chi connectivity index (χ1) is 28.3. The summed E-state index contributed by atoms with van der Waals surface area (Å²) in [6.07, 6.45) is 0.880. The highest BCUT2D eigenvalue weighted by molar-refractivity contribution is 6.12. The molecule has 12 rings (SSSR count). The number of hydrogen-bond acceptors (Lipinski definition) is 2. The Morgan fingerprint density at radius 3 is 1.81 bits per heavy atom. The van der Waals surface area contributed by atoms with E-state index in [2.05, 4.69) is 205 Å². The van der Waals surface area contributed by atoms with Gasteiger partial charge >= 0.3 is 0 Å². The van der Waals surface area contributed by atoms with E-state index in [0.717, 1.165) is 40.0 Å². The van der Waals surface area contributed by atoms with Gasteiger partial charge in [-0.25, -0.2) is 9.97 Å². The van der Waals surface area contributed by atoms with E-state index in [0.29, 0.717) is 5.95 Å². The van der Waals surface area contributed by atoms with Crippen LogP contribution in [0.4, 0.5) is 0 Å². The van der Waals surface area contributed by atoms with Crippen molar-refractivity contribution >= 4 is 21.8 Å². The molecule has 2 aliphatic rings. The van der Waals surface area contributed by atoms with Crippen molar-refractivity contribution in [1.82, 2.24) is 14.5 Å². The van der Waals surface area contributed by atoms with Gasteiger partial charge in [0.25, 0.3) is 0 Å². The SMILES string of the molecule is c1ccc(-c2cc(-c3cccc4c3Cc3ccccc3-4)nc(-n3c4ccccc4c4cc5c(cc43)C(c3ccccc3)(c3ccccc3)c3ccccc3-5)n2)cc1. The number of hydrogen-bond donors (Lipinski definition) is 0. The van der Waals surface area contributed by atoms with Crippen molar-refractivity contribution in [2.45, 2.75) is 11.8 Å². The van der Waals surface area contributed by atoms with Crippen molar-refractivity contribution in [3.05, 3.63) is 234 Å². The topological polar surface area (TPSA) is 30.7 Å². The predicted octanol–water partition coefficient (Wildman–Crippen LogP) is 12.8. The number of nitrogens with zero attached hydrogens (tertiary/aromatic N) is 3. The molecule has 57 heavy (non-hydrogen) atoms. The van der Waals surface area contributed by atoms with Crippen LogP contribution in [0.25, 0.3) is 72.5 Å². The third-order valence-corrected chi connectivity index (χ3v) is 12.4. The lowest BCUT2D eigenvalue weighted by atomic mass is 9.67. The lowest BCUT2D eigenvalue weighted by Gasteiger charge is -2.34. The van der Waals surface area contributed by atoms with Crippen molar-refractivity contribution in [3.8, 4) is 50.7 Å². The smallest absolute Gasteiger partial charge is 0.235 e. The molecule has 0 fully saturated rings. The molecule has 10 aromatic rings. The van der Waals surface area contributed by atoms with Crippen LogP contribution in [0.2, 0.25) is 0 Å². The van der Waals surface area contributed by atoms with Gasteiger partial charge in [0.15, 0.2) is 0 Å². The first kappa shape index (κ1) is 31.9. The first-order valence-electron chi connectivity index (χ1n) is 19.7.